The molecule has 35 heavy (non-hydrogen) atoms. The van der Waals surface area contributed by atoms with Crippen LogP contribution in [-0.4, -0.2) is 42.3 Å². The maximum Gasteiger partial charge on any atom is 0.407 e. The quantitative estimate of drug-likeness (QED) is 0.478. The van der Waals surface area contributed by atoms with E-state index in [9.17, 15) is 19.5 Å². The Labute approximate surface area is 206 Å². The van der Waals surface area contributed by atoms with Crippen LogP contribution in [0.2, 0.25) is 0 Å². The summed E-state index contributed by atoms with van der Waals surface area (Å²) >= 11 is 0. The molecule has 7 nitrogen and oxygen atoms in total. The summed E-state index contributed by atoms with van der Waals surface area (Å²) in [4.78, 5) is 36.9. The number of benzene rings is 2. The second-order valence-corrected chi connectivity index (χ2v) is 9.78. The van der Waals surface area contributed by atoms with Crippen LogP contribution in [0.25, 0.3) is 11.1 Å². The van der Waals surface area contributed by atoms with Gasteiger partial charge in [0.05, 0.1) is 6.42 Å². The fraction of sp³-hybridized carbons (Fsp3) is 0.464. The highest BCUT2D eigenvalue weighted by Crippen LogP contribution is 2.44. The Kier molecular flexibility index (Phi) is 7.73. The second kappa shape index (κ2) is 10.9. The van der Waals surface area contributed by atoms with Crippen LogP contribution >= 0.6 is 0 Å². The predicted molar refractivity (Wildman–Crippen MR) is 133 cm³/mol. The van der Waals surface area contributed by atoms with Crippen molar-refractivity contribution in [3.63, 3.8) is 0 Å². The van der Waals surface area contributed by atoms with Crippen LogP contribution in [0.5, 0.6) is 0 Å². The van der Waals surface area contributed by atoms with Crippen molar-refractivity contribution in [3.8, 4) is 11.1 Å². The van der Waals surface area contributed by atoms with E-state index in [1.54, 1.807) is 0 Å². The topological polar surface area (TPSA) is 105 Å². The van der Waals surface area contributed by atoms with E-state index >= 15 is 0 Å². The highest BCUT2D eigenvalue weighted by Gasteiger charge is 2.35. The normalized spacial score (nSPS) is 17.1. The molecule has 2 aliphatic rings. The van der Waals surface area contributed by atoms with Gasteiger partial charge in [0.25, 0.3) is 0 Å². The average molecular weight is 479 g/mol. The van der Waals surface area contributed by atoms with Crippen molar-refractivity contribution in [2.45, 2.75) is 63.8 Å². The Morgan fingerprint density at radius 3 is 2.17 bits per heavy atom. The molecule has 3 N–H and O–H groups in total. The third-order valence-corrected chi connectivity index (χ3v) is 7.44. The van der Waals surface area contributed by atoms with E-state index in [1.807, 2.05) is 31.2 Å². The SMILES string of the molecule is CC[C@H](NC(=O)OCC1c2ccccc2-c2ccccc21)C(=O)NCC1(CC(=O)O)CCCCC1. The van der Waals surface area contributed by atoms with E-state index in [4.69, 9.17) is 4.74 Å². The monoisotopic (exact) mass is 478 g/mol. The van der Waals surface area contributed by atoms with Crippen molar-refractivity contribution in [1.29, 1.82) is 0 Å². The van der Waals surface area contributed by atoms with Gasteiger partial charge in [-0.05, 0) is 46.9 Å². The molecule has 2 amide bonds. The number of nitrogens with one attached hydrogen (secondary N) is 2. The first-order chi connectivity index (χ1) is 16.9. The van der Waals surface area contributed by atoms with Gasteiger partial charge in [-0.3, -0.25) is 9.59 Å². The van der Waals surface area contributed by atoms with Crippen molar-refractivity contribution >= 4 is 18.0 Å². The van der Waals surface area contributed by atoms with Crippen molar-refractivity contribution in [1.82, 2.24) is 10.6 Å². The van der Waals surface area contributed by atoms with Gasteiger partial charge < -0.3 is 20.5 Å². The molecule has 186 valence electrons. The molecule has 0 aromatic heterocycles. The summed E-state index contributed by atoms with van der Waals surface area (Å²) in [5.41, 5.74) is 4.15. The van der Waals surface area contributed by atoms with Crippen LogP contribution in [0.3, 0.4) is 0 Å². The number of ether oxygens (including phenoxy) is 1. The molecule has 1 atom stereocenters. The van der Waals surface area contributed by atoms with E-state index in [-0.39, 0.29) is 24.9 Å². The largest absolute Gasteiger partial charge is 0.481 e. The molecule has 1 fully saturated rings. The van der Waals surface area contributed by atoms with Crippen molar-refractivity contribution < 1.29 is 24.2 Å². The van der Waals surface area contributed by atoms with Gasteiger partial charge in [0.1, 0.15) is 12.6 Å². The van der Waals surface area contributed by atoms with Crippen LogP contribution in [0.4, 0.5) is 4.79 Å². The molecule has 0 saturated heterocycles. The number of carboxylic acids is 1. The number of amides is 2. The second-order valence-electron chi connectivity index (χ2n) is 9.78. The molecule has 0 spiro atoms. The number of hydrogen-bond acceptors (Lipinski definition) is 4. The summed E-state index contributed by atoms with van der Waals surface area (Å²) in [6.07, 6.45) is 4.43. The molecule has 1 saturated carbocycles. The zero-order valence-corrected chi connectivity index (χ0v) is 20.2. The maximum atomic E-state index is 12.8. The molecule has 0 heterocycles. The smallest absolute Gasteiger partial charge is 0.407 e. The molecule has 2 aromatic carbocycles. The van der Waals surface area contributed by atoms with Crippen molar-refractivity contribution in [3.05, 3.63) is 59.7 Å². The minimum atomic E-state index is -0.843. The van der Waals surface area contributed by atoms with Gasteiger partial charge in [-0.25, -0.2) is 4.79 Å². The fourth-order valence-corrected chi connectivity index (χ4v) is 5.57. The lowest BCUT2D eigenvalue weighted by atomic mass is 9.71. The number of carboxylic acid groups (broad SMARTS) is 1. The van der Waals surface area contributed by atoms with Gasteiger partial charge in [-0.15, -0.1) is 0 Å². The number of carbonyl (C=O) groups excluding carboxylic acids is 2. The minimum absolute atomic E-state index is 0.0455. The Balaban J connectivity index is 1.33. The predicted octanol–water partition coefficient (Wildman–Crippen LogP) is 4.85. The Morgan fingerprint density at radius 1 is 1.00 bits per heavy atom. The molecular formula is C28H34N2O5. The highest BCUT2D eigenvalue weighted by atomic mass is 16.5. The standard InChI is InChI=1S/C28H34N2O5/c1-2-24(26(33)29-18-28(16-25(31)32)14-8-3-9-15-28)30-27(34)35-17-23-21-12-6-4-10-19(21)20-11-5-7-13-22(20)23/h4-7,10-13,23-24H,2-3,8-9,14-18H2,1H3,(H,29,33)(H,30,34)(H,31,32)/t24-/m0/s1. The van der Waals surface area contributed by atoms with Gasteiger partial charge in [-0.2, -0.15) is 0 Å². The van der Waals surface area contributed by atoms with Gasteiger partial charge >= 0.3 is 12.1 Å². The van der Waals surface area contributed by atoms with E-state index in [1.165, 1.54) is 0 Å². The molecule has 4 rings (SSSR count). The van der Waals surface area contributed by atoms with Gasteiger partial charge in [0.2, 0.25) is 5.91 Å². The number of fused-ring (bicyclic) bond motifs is 3. The molecule has 2 aliphatic carbocycles. The van der Waals surface area contributed by atoms with E-state index in [0.717, 1.165) is 54.4 Å². The van der Waals surface area contributed by atoms with E-state index in [2.05, 4.69) is 34.9 Å². The zero-order valence-electron chi connectivity index (χ0n) is 20.2. The first-order valence-electron chi connectivity index (χ1n) is 12.5. The third-order valence-electron chi connectivity index (χ3n) is 7.44. The lowest BCUT2D eigenvalue weighted by Gasteiger charge is -2.36. The van der Waals surface area contributed by atoms with Crippen LogP contribution in [-0.2, 0) is 14.3 Å². The van der Waals surface area contributed by atoms with Gasteiger partial charge in [-0.1, -0.05) is 74.7 Å². The number of hydrogen-bond donors (Lipinski definition) is 3. The summed E-state index contributed by atoms with van der Waals surface area (Å²) in [6.45, 7) is 2.31. The lowest BCUT2D eigenvalue weighted by molar-refractivity contribution is -0.140. The molecule has 2 aromatic rings. The summed E-state index contributed by atoms with van der Waals surface area (Å²) in [5, 5.41) is 15.0. The Hall–Kier alpha value is -3.35. The van der Waals surface area contributed by atoms with Crippen molar-refractivity contribution in [2.24, 2.45) is 5.41 Å². The first-order valence-corrected chi connectivity index (χ1v) is 12.5. The molecule has 0 unspecified atom stereocenters. The van der Waals surface area contributed by atoms with E-state index in [0.29, 0.717) is 13.0 Å². The van der Waals surface area contributed by atoms with Crippen molar-refractivity contribution in [2.75, 3.05) is 13.2 Å². The highest BCUT2D eigenvalue weighted by molar-refractivity contribution is 5.85. The Morgan fingerprint density at radius 2 is 1.60 bits per heavy atom. The zero-order chi connectivity index (χ0) is 24.8. The lowest BCUT2D eigenvalue weighted by Crippen LogP contribution is -2.50. The van der Waals surface area contributed by atoms with Gasteiger partial charge in [0, 0.05) is 12.5 Å². The number of rotatable bonds is 9. The van der Waals surface area contributed by atoms with Crippen LogP contribution < -0.4 is 10.6 Å². The summed E-state index contributed by atoms with van der Waals surface area (Å²) in [5.74, 6) is -1.20. The summed E-state index contributed by atoms with van der Waals surface area (Å²) in [7, 11) is 0. The summed E-state index contributed by atoms with van der Waals surface area (Å²) in [6, 6.07) is 15.5. The van der Waals surface area contributed by atoms with Crippen LogP contribution in [0, 0.1) is 5.41 Å². The molecular weight excluding hydrogens is 444 g/mol. The fourth-order valence-electron chi connectivity index (χ4n) is 5.57. The first kappa shape index (κ1) is 24.8. The number of alkyl carbamates (subject to hydrolysis) is 1. The van der Waals surface area contributed by atoms with E-state index < -0.39 is 23.5 Å². The molecule has 0 aliphatic heterocycles. The maximum absolute atomic E-state index is 12.8. The minimum Gasteiger partial charge on any atom is -0.481 e. The third kappa shape index (κ3) is 5.66. The van der Waals surface area contributed by atoms with Crippen LogP contribution in [0.15, 0.2) is 48.5 Å². The van der Waals surface area contributed by atoms with Gasteiger partial charge in [0.15, 0.2) is 0 Å². The Bertz CT molecular complexity index is 1030. The molecule has 7 heteroatoms. The number of aliphatic carboxylic acids is 1. The van der Waals surface area contributed by atoms with Crippen LogP contribution in [0.1, 0.15) is 68.9 Å². The molecule has 0 bridgehead atoms. The molecule has 0 radical (unpaired) electrons. The number of carbonyl (C=O) groups is 3. The average Bonchev–Trinajstić information content (AvgIpc) is 3.18. The summed E-state index contributed by atoms with van der Waals surface area (Å²) < 4.78 is 5.58.